The van der Waals surface area contributed by atoms with E-state index in [1.54, 1.807) is 31.3 Å². The monoisotopic (exact) mass is 452 g/mol. The molecular weight excluding hydrogens is 433 g/mol. The number of nitrogens with one attached hydrogen (secondary N) is 1. The van der Waals surface area contributed by atoms with Crippen LogP contribution in [-0.4, -0.2) is 28.0 Å². The molecule has 4 aromatic rings. The van der Waals surface area contributed by atoms with Gasteiger partial charge in [-0.25, -0.2) is 15.0 Å². The summed E-state index contributed by atoms with van der Waals surface area (Å²) in [6.45, 7) is 3.66. The quantitative estimate of drug-likeness (QED) is 0.437. The third kappa shape index (κ3) is 4.62. The van der Waals surface area contributed by atoms with Crippen LogP contribution in [0.4, 0.5) is 18.9 Å². The second-order valence-electron chi connectivity index (χ2n) is 7.43. The number of anilines is 1. The Morgan fingerprint density at radius 2 is 1.82 bits per heavy atom. The first-order chi connectivity index (χ1) is 15.7. The van der Waals surface area contributed by atoms with Crippen molar-refractivity contribution in [3.8, 4) is 17.1 Å². The second kappa shape index (κ2) is 8.50. The Morgan fingerprint density at radius 3 is 2.55 bits per heavy atom. The molecule has 33 heavy (non-hydrogen) atoms. The van der Waals surface area contributed by atoms with Crippen LogP contribution in [0.15, 0.2) is 54.7 Å². The van der Waals surface area contributed by atoms with E-state index in [0.29, 0.717) is 28.6 Å². The summed E-state index contributed by atoms with van der Waals surface area (Å²) in [7, 11) is 1.50. The van der Waals surface area contributed by atoms with Crippen molar-refractivity contribution in [1.82, 2.24) is 15.0 Å². The minimum absolute atomic E-state index is 0.0926. The summed E-state index contributed by atoms with van der Waals surface area (Å²) in [5.74, 6) is 0.278. The maximum absolute atomic E-state index is 13.0. The van der Waals surface area contributed by atoms with E-state index in [1.807, 2.05) is 13.0 Å². The molecule has 6 nitrogen and oxygen atoms in total. The molecule has 1 N–H and O–H groups in total. The van der Waals surface area contributed by atoms with E-state index in [9.17, 15) is 18.0 Å². The molecule has 0 saturated heterocycles. The average Bonchev–Trinajstić information content (AvgIpc) is 2.79. The van der Waals surface area contributed by atoms with Gasteiger partial charge in [0.1, 0.15) is 11.3 Å². The Kier molecular flexibility index (Phi) is 5.71. The molecule has 1 amide bonds. The zero-order valence-corrected chi connectivity index (χ0v) is 18.0. The minimum Gasteiger partial charge on any atom is -0.479 e. The molecule has 0 spiro atoms. The van der Waals surface area contributed by atoms with Crippen molar-refractivity contribution in [1.29, 1.82) is 0 Å². The smallest absolute Gasteiger partial charge is 0.416 e. The predicted molar refractivity (Wildman–Crippen MR) is 118 cm³/mol. The molecule has 0 saturated carbocycles. The number of alkyl halides is 3. The normalized spacial score (nSPS) is 11.5. The number of hydrogen-bond acceptors (Lipinski definition) is 5. The maximum Gasteiger partial charge on any atom is 0.416 e. The fourth-order valence-corrected chi connectivity index (χ4v) is 3.39. The molecule has 0 aliphatic carbocycles. The van der Waals surface area contributed by atoms with Gasteiger partial charge in [0.25, 0.3) is 5.91 Å². The highest BCUT2D eigenvalue weighted by Crippen LogP contribution is 2.32. The Balaban J connectivity index is 1.69. The van der Waals surface area contributed by atoms with Gasteiger partial charge >= 0.3 is 6.18 Å². The van der Waals surface area contributed by atoms with Crippen LogP contribution in [0.5, 0.6) is 5.88 Å². The number of benzene rings is 2. The summed E-state index contributed by atoms with van der Waals surface area (Å²) in [5, 5.41) is 3.39. The number of amides is 1. The molecule has 0 unspecified atom stereocenters. The van der Waals surface area contributed by atoms with Gasteiger partial charge in [0.05, 0.1) is 18.4 Å². The Bertz CT molecular complexity index is 1370. The summed E-state index contributed by atoms with van der Waals surface area (Å²) >= 11 is 0. The van der Waals surface area contributed by atoms with E-state index < -0.39 is 17.6 Å². The van der Waals surface area contributed by atoms with E-state index in [2.05, 4.69) is 20.3 Å². The van der Waals surface area contributed by atoms with Crippen LogP contribution < -0.4 is 10.1 Å². The molecule has 2 heterocycles. The van der Waals surface area contributed by atoms with E-state index in [4.69, 9.17) is 4.74 Å². The molecule has 2 aromatic carbocycles. The second-order valence-corrected chi connectivity index (χ2v) is 7.43. The third-order valence-corrected chi connectivity index (χ3v) is 5.07. The first-order valence-corrected chi connectivity index (χ1v) is 9.94. The number of pyridine rings is 1. The van der Waals surface area contributed by atoms with E-state index in [-0.39, 0.29) is 5.56 Å². The zero-order valence-electron chi connectivity index (χ0n) is 18.0. The molecule has 0 aliphatic rings. The van der Waals surface area contributed by atoms with Gasteiger partial charge in [0, 0.05) is 28.4 Å². The van der Waals surface area contributed by atoms with Crippen molar-refractivity contribution in [3.63, 3.8) is 0 Å². The number of hydrogen-bond donors (Lipinski definition) is 1. The first-order valence-electron chi connectivity index (χ1n) is 9.94. The lowest BCUT2D eigenvalue weighted by molar-refractivity contribution is -0.137. The fraction of sp³-hybridized carbons (Fsp3) is 0.167. The number of rotatable bonds is 4. The highest BCUT2D eigenvalue weighted by molar-refractivity contribution is 6.04. The third-order valence-electron chi connectivity index (χ3n) is 5.07. The van der Waals surface area contributed by atoms with Gasteiger partial charge < -0.3 is 10.1 Å². The summed E-state index contributed by atoms with van der Waals surface area (Å²) < 4.78 is 44.4. The number of nitrogens with zero attached hydrogens (tertiary/aromatic N) is 3. The number of methoxy groups -OCH3 is 1. The molecule has 0 bridgehead atoms. The van der Waals surface area contributed by atoms with Gasteiger partial charge in [-0.1, -0.05) is 12.1 Å². The van der Waals surface area contributed by atoms with E-state index in [0.717, 1.165) is 28.6 Å². The average molecular weight is 452 g/mol. The van der Waals surface area contributed by atoms with Crippen LogP contribution in [0.1, 0.15) is 27.3 Å². The van der Waals surface area contributed by atoms with Crippen molar-refractivity contribution in [2.45, 2.75) is 20.0 Å². The molecule has 4 rings (SSSR count). The number of halogens is 3. The van der Waals surface area contributed by atoms with Crippen molar-refractivity contribution >= 4 is 22.5 Å². The van der Waals surface area contributed by atoms with Crippen molar-refractivity contribution in [2.75, 3.05) is 12.4 Å². The standard InChI is InChI=1S/C24H19F3N4O2/c1-13-7-8-18(30-22(32)15-5-4-6-17(9-15)24(25,26)27)11-19(13)20-10-16-12-28-14(2)29-21(16)23(31-20)33-3/h4-12H,1-3H3,(H,30,32). The molecule has 0 radical (unpaired) electrons. The Morgan fingerprint density at radius 1 is 1.03 bits per heavy atom. The topological polar surface area (TPSA) is 77.0 Å². The van der Waals surface area contributed by atoms with Crippen LogP contribution in [0.3, 0.4) is 0 Å². The molecular formula is C24H19F3N4O2. The fourth-order valence-electron chi connectivity index (χ4n) is 3.39. The lowest BCUT2D eigenvalue weighted by Gasteiger charge is -2.13. The van der Waals surface area contributed by atoms with Crippen LogP contribution >= 0.6 is 0 Å². The van der Waals surface area contributed by atoms with Gasteiger partial charge in [-0.3, -0.25) is 4.79 Å². The highest BCUT2D eigenvalue weighted by atomic mass is 19.4. The van der Waals surface area contributed by atoms with Gasteiger partial charge in [-0.05, 0) is 55.8 Å². The van der Waals surface area contributed by atoms with Crippen LogP contribution in [0, 0.1) is 13.8 Å². The van der Waals surface area contributed by atoms with Crippen LogP contribution in [-0.2, 0) is 6.18 Å². The molecule has 2 aromatic heterocycles. The number of fused-ring (bicyclic) bond motifs is 1. The molecule has 0 aliphatic heterocycles. The largest absolute Gasteiger partial charge is 0.479 e. The maximum atomic E-state index is 13.0. The lowest BCUT2D eigenvalue weighted by atomic mass is 10.0. The highest BCUT2D eigenvalue weighted by Gasteiger charge is 2.30. The lowest BCUT2D eigenvalue weighted by Crippen LogP contribution is -2.14. The molecule has 0 fully saturated rings. The van der Waals surface area contributed by atoms with Gasteiger partial charge in [-0.2, -0.15) is 13.2 Å². The van der Waals surface area contributed by atoms with E-state index in [1.165, 1.54) is 19.2 Å². The van der Waals surface area contributed by atoms with Gasteiger partial charge in [-0.15, -0.1) is 0 Å². The van der Waals surface area contributed by atoms with Crippen molar-refractivity contribution in [2.24, 2.45) is 0 Å². The Labute approximate surface area is 187 Å². The SMILES string of the molecule is COc1nc(-c2cc(NC(=O)c3cccc(C(F)(F)F)c3)ccc2C)cc2cnc(C)nc12. The summed E-state index contributed by atoms with van der Waals surface area (Å²) in [6, 6.07) is 11.3. The van der Waals surface area contributed by atoms with Crippen molar-refractivity contribution < 1.29 is 22.7 Å². The number of carbonyl (C=O) groups is 1. The Hall–Kier alpha value is -4.01. The summed E-state index contributed by atoms with van der Waals surface area (Å²) in [5.41, 5.74) is 2.21. The number of aromatic nitrogens is 3. The molecule has 9 heteroatoms. The summed E-state index contributed by atoms with van der Waals surface area (Å²) in [6.07, 6.45) is -2.85. The number of ether oxygens (including phenoxy) is 1. The van der Waals surface area contributed by atoms with E-state index >= 15 is 0 Å². The first kappa shape index (κ1) is 22.2. The predicted octanol–water partition coefficient (Wildman–Crippen LogP) is 5.59. The van der Waals surface area contributed by atoms with Gasteiger partial charge in [0.15, 0.2) is 0 Å². The number of aryl methyl sites for hydroxylation is 2. The van der Waals surface area contributed by atoms with Crippen molar-refractivity contribution in [3.05, 3.63) is 77.2 Å². The van der Waals surface area contributed by atoms with Gasteiger partial charge in [0.2, 0.25) is 5.88 Å². The van der Waals surface area contributed by atoms with Crippen LogP contribution in [0.2, 0.25) is 0 Å². The van der Waals surface area contributed by atoms with Crippen LogP contribution in [0.25, 0.3) is 22.2 Å². The summed E-state index contributed by atoms with van der Waals surface area (Å²) in [4.78, 5) is 25.8. The molecule has 0 atom stereocenters. The minimum atomic E-state index is -4.53. The number of carbonyl (C=O) groups excluding carboxylic acids is 1. The zero-order chi connectivity index (χ0) is 23.8. The molecule has 168 valence electrons.